The fourth-order valence-corrected chi connectivity index (χ4v) is 3.15. The van der Waals surface area contributed by atoms with Crippen molar-refractivity contribution in [1.82, 2.24) is 10.2 Å². The van der Waals surface area contributed by atoms with Crippen LogP contribution in [0.5, 0.6) is 0 Å². The Kier molecular flexibility index (Phi) is 4.25. The average Bonchev–Trinajstić information content (AvgIpc) is 3.33. The molecule has 0 saturated heterocycles. The highest BCUT2D eigenvalue weighted by Gasteiger charge is 2.42. The van der Waals surface area contributed by atoms with Crippen molar-refractivity contribution in [2.75, 3.05) is 7.11 Å². The van der Waals surface area contributed by atoms with Crippen molar-refractivity contribution in [3.8, 4) is 0 Å². The van der Waals surface area contributed by atoms with E-state index in [1.54, 1.807) is 30.0 Å². The van der Waals surface area contributed by atoms with Gasteiger partial charge in [-0.15, -0.1) is 0 Å². The van der Waals surface area contributed by atoms with Gasteiger partial charge in [-0.2, -0.15) is 0 Å². The summed E-state index contributed by atoms with van der Waals surface area (Å²) in [5, 5.41) is 3.65. The van der Waals surface area contributed by atoms with Crippen molar-refractivity contribution in [3.05, 3.63) is 45.1 Å². The summed E-state index contributed by atoms with van der Waals surface area (Å²) in [6.07, 6.45) is 1.88. The van der Waals surface area contributed by atoms with E-state index < -0.39 is 12.0 Å². The molecule has 1 atom stereocenters. The van der Waals surface area contributed by atoms with Gasteiger partial charge in [0.15, 0.2) is 0 Å². The first-order valence-electron chi connectivity index (χ1n) is 7.27. The van der Waals surface area contributed by atoms with Crippen molar-refractivity contribution in [3.63, 3.8) is 0 Å². The number of benzene rings is 1. The number of esters is 1. The van der Waals surface area contributed by atoms with E-state index in [-0.39, 0.29) is 12.1 Å². The van der Waals surface area contributed by atoms with E-state index in [2.05, 4.69) is 5.32 Å². The molecule has 1 saturated carbocycles. The molecule has 1 aliphatic heterocycles. The second-order valence-electron chi connectivity index (χ2n) is 5.65. The van der Waals surface area contributed by atoms with Crippen LogP contribution in [0.3, 0.4) is 0 Å². The lowest BCUT2D eigenvalue weighted by molar-refractivity contribution is -0.136. The third-order valence-electron chi connectivity index (χ3n) is 4.12. The van der Waals surface area contributed by atoms with Crippen molar-refractivity contribution < 1.29 is 14.3 Å². The molecule has 1 aromatic rings. The first-order chi connectivity index (χ1) is 10.9. The minimum absolute atomic E-state index is 0.157. The zero-order chi connectivity index (χ0) is 16.7. The zero-order valence-electron chi connectivity index (χ0n) is 12.7. The van der Waals surface area contributed by atoms with Gasteiger partial charge in [0.1, 0.15) is 0 Å². The lowest BCUT2D eigenvalue weighted by Gasteiger charge is -2.35. The van der Waals surface area contributed by atoms with E-state index in [0.717, 1.165) is 12.8 Å². The number of nitrogens with zero attached hydrogens (tertiary/aromatic N) is 1. The number of ether oxygens (including phenoxy) is 1. The molecule has 5 nitrogen and oxygen atoms in total. The second kappa shape index (κ2) is 6.06. The van der Waals surface area contributed by atoms with Crippen molar-refractivity contribution >= 4 is 35.2 Å². The van der Waals surface area contributed by atoms with Gasteiger partial charge in [-0.05, 0) is 37.5 Å². The number of carbonyl (C=O) groups is 2. The molecule has 0 bridgehead atoms. The second-order valence-corrected chi connectivity index (χ2v) is 6.46. The van der Waals surface area contributed by atoms with Gasteiger partial charge in [-0.3, -0.25) is 4.90 Å². The fraction of sp³-hybridized carbons (Fsp3) is 0.375. The van der Waals surface area contributed by atoms with Gasteiger partial charge in [-0.1, -0.05) is 29.3 Å². The topological polar surface area (TPSA) is 58.6 Å². The molecule has 2 amide bonds. The molecule has 3 rings (SSSR count). The maximum atomic E-state index is 12.4. The van der Waals surface area contributed by atoms with Crippen LogP contribution in [0.1, 0.15) is 31.4 Å². The number of hydrogen-bond acceptors (Lipinski definition) is 3. The smallest absolute Gasteiger partial charge is 0.337 e. The first kappa shape index (κ1) is 16.1. The highest BCUT2D eigenvalue weighted by atomic mass is 35.5. The van der Waals surface area contributed by atoms with Crippen LogP contribution in [0.25, 0.3) is 0 Å². The number of nitrogens with one attached hydrogen (secondary N) is 1. The summed E-state index contributed by atoms with van der Waals surface area (Å²) in [7, 11) is 1.33. The maximum absolute atomic E-state index is 12.4. The quantitative estimate of drug-likeness (QED) is 0.842. The summed E-state index contributed by atoms with van der Waals surface area (Å²) in [6.45, 7) is 1.77. The molecule has 1 aliphatic carbocycles. The molecule has 1 fully saturated rings. The number of rotatable bonds is 3. The summed E-state index contributed by atoms with van der Waals surface area (Å²) >= 11 is 12.0. The summed E-state index contributed by atoms with van der Waals surface area (Å²) in [5.41, 5.74) is 1.72. The highest BCUT2D eigenvalue weighted by Crippen LogP contribution is 2.38. The first-order valence-corrected chi connectivity index (χ1v) is 8.03. The van der Waals surface area contributed by atoms with E-state index in [1.165, 1.54) is 7.11 Å². The molecule has 2 aliphatic rings. The predicted octanol–water partition coefficient (Wildman–Crippen LogP) is 3.67. The predicted molar refractivity (Wildman–Crippen MR) is 87.3 cm³/mol. The summed E-state index contributed by atoms with van der Waals surface area (Å²) in [5.74, 6) is -0.468. The number of hydrogen-bond donors (Lipinski definition) is 1. The van der Waals surface area contributed by atoms with Gasteiger partial charge in [0.05, 0.1) is 28.8 Å². The largest absolute Gasteiger partial charge is 0.466 e. The lowest BCUT2D eigenvalue weighted by atomic mass is 9.95. The number of allylic oxidation sites excluding steroid dienone is 1. The Labute approximate surface area is 144 Å². The number of halogens is 2. The van der Waals surface area contributed by atoms with Crippen LogP contribution in [-0.2, 0) is 9.53 Å². The zero-order valence-corrected chi connectivity index (χ0v) is 14.2. The van der Waals surface area contributed by atoms with E-state index in [9.17, 15) is 9.59 Å². The monoisotopic (exact) mass is 354 g/mol. The SMILES string of the molecule is COC(=O)C1=C(C)N(C2CC2)C(=O)N[C@@H]1c1ccc(Cl)c(Cl)c1. The molecule has 7 heteroatoms. The van der Waals surface area contributed by atoms with Crippen LogP contribution >= 0.6 is 23.2 Å². The Hall–Kier alpha value is -1.72. The Morgan fingerprint density at radius 3 is 2.57 bits per heavy atom. The lowest BCUT2D eigenvalue weighted by Crippen LogP contribution is -2.48. The highest BCUT2D eigenvalue weighted by molar-refractivity contribution is 6.42. The molecule has 0 aromatic heterocycles. The molecular weight excluding hydrogens is 339 g/mol. The molecule has 23 heavy (non-hydrogen) atoms. The minimum atomic E-state index is -0.611. The normalized spacial score (nSPS) is 21.3. The van der Waals surface area contributed by atoms with Gasteiger partial charge in [0, 0.05) is 11.7 Å². The minimum Gasteiger partial charge on any atom is -0.466 e. The van der Waals surface area contributed by atoms with Gasteiger partial charge in [0.2, 0.25) is 0 Å². The van der Waals surface area contributed by atoms with Crippen LogP contribution in [-0.4, -0.2) is 30.1 Å². The molecule has 1 heterocycles. The van der Waals surface area contributed by atoms with Crippen molar-refractivity contribution in [1.29, 1.82) is 0 Å². The van der Waals surface area contributed by atoms with Gasteiger partial charge in [-0.25, -0.2) is 9.59 Å². The van der Waals surface area contributed by atoms with Gasteiger partial charge in [0.25, 0.3) is 0 Å². The van der Waals surface area contributed by atoms with Crippen LogP contribution in [0, 0.1) is 0 Å². The maximum Gasteiger partial charge on any atom is 0.337 e. The van der Waals surface area contributed by atoms with Gasteiger partial charge < -0.3 is 10.1 Å². The Balaban J connectivity index is 2.08. The van der Waals surface area contributed by atoms with E-state index in [4.69, 9.17) is 27.9 Å². The molecule has 0 spiro atoms. The average molecular weight is 355 g/mol. The number of methoxy groups -OCH3 is 1. The van der Waals surface area contributed by atoms with E-state index >= 15 is 0 Å². The number of carbonyl (C=O) groups excluding carboxylic acids is 2. The molecule has 0 radical (unpaired) electrons. The number of amides is 2. The van der Waals surface area contributed by atoms with Crippen LogP contribution in [0.2, 0.25) is 10.0 Å². The third kappa shape index (κ3) is 2.91. The Bertz CT molecular complexity index is 713. The standard InChI is InChI=1S/C16H16Cl2N2O3/c1-8-13(15(21)23-2)14(9-3-6-11(17)12(18)7-9)19-16(22)20(8)10-4-5-10/h3,6-7,10,14H,4-5H2,1-2H3,(H,19,22)/t14-/m1/s1. The molecule has 1 aromatic carbocycles. The van der Waals surface area contributed by atoms with Crippen molar-refractivity contribution in [2.24, 2.45) is 0 Å². The van der Waals surface area contributed by atoms with Gasteiger partial charge >= 0.3 is 12.0 Å². The van der Waals surface area contributed by atoms with Crippen LogP contribution in [0.15, 0.2) is 29.5 Å². The van der Waals surface area contributed by atoms with E-state index in [1.807, 2.05) is 0 Å². The Morgan fingerprint density at radius 1 is 1.30 bits per heavy atom. The summed E-state index contributed by atoms with van der Waals surface area (Å²) in [6, 6.07) is 4.36. The van der Waals surface area contributed by atoms with E-state index in [0.29, 0.717) is 26.9 Å². The number of urea groups is 1. The van der Waals surface area contributed by atoms with Crippen LogP contribution < -0.4 is 5.32 Å². The molecule has 122 valence electrons. The Morgan fingerprint density at radius 2 is 2.00 bits per heavy atom. The van der Waals surface area contributed by atoms with Crippen LogP contribution in [0.4, 0.5) is 4.79 Å². The summed E-state index contributed by atoms with van der Waals surface area (Å²) < 4.78 is 4.92. The van der Waals surface area contributed by atoms with Crippen molar-refractivity contribution in [2.45, 2.75) is 31.8 Å². The third-order valence-corrected chi connectivity index (χ3v) is 4.86. The molecule has 1 N–H and O–H groups in total. The molecule has 0 unspecified atom stereocenters. The molecular formula is C16H16Cl2N2O3. The summed E-state index contributed by atoms with van der Waals surface area (Å²) in [4.78, 5) is 26.4. The fourth-order valence-electron chi connectivity index (χ4n) is 2.85.